The van der Waals surface area contributed by atoms with E-state index in [9.17, 15) is 4.79 Å². The molecule has 1 spiro atoms. The van der Waals surface area contributed by atoms with Crippen molar-refractivity contribution < 1.29 is 14.3 Å². The SMILES string of the molecule is COc1ccc2c(c1)C13CCN(CC4CC4)[C@H](C2)[C@]12CCC(NC(=O)C(C)(C)C)(CO2)C3. The largest absolute Gasteiger partial charge is 0.497 e. The summed E-state index contributed by atoms with van der Waals surface area (Å²) in [5, 5.41) is 3.49. The van der Waals surface area contributed by atoms with Crippen molar-refractivity contribution in [3.8, 4) is 5.75 Å². The lowest BCUT2D eigenvalue weighted by molar-refractivity contribution is -0.263. The fourth-order valence-corrected chi connectivity index (χ4v) is 7.44. The number of piperidine rings is 1. The van der Waals surface area contributed by atoms with Crippen LogP contribution in [-0.4, -0.2) is 54.8 Å². The van der Waals surface area contributed by atoms with E-state index in [1.165, 1.54) is 30.5 Å². The maximum Gasteiger partial charge on any atom is 0.225 e. The van der Waals surface area contributed by atoms with Gasteiger partial charge in [0.1, 0.15) is 5.75 Å². The second-order valence-corrected chi connectivity index (χ2v) is 12.4. The summed E-state index contributed by atoms with van der Waals surface area (Å²) in [5.74, 6) is 1.95. The fourth-order valence-electron chi connectivity index (χ4n) is 7.44. The first-order valence-electron chi connectivity index (χ1n) is 12.6. The van der Waals surface area contributed by atoms with Crippen molar-refractivity contribution in [1.82, 2.24) is 10.2 Å². The first-order valence-corrected chi connectivity index (χ1v) is 12.6. The van der Waals surface area contributed by atoms with Crippen molar-refractivity contribution in [2.45, 2.75) is 88.3 Å². The van der Waals surface area contributed by atoms with Crippen LogP contribution in [-0.2, 0) is 21.4 Å². The normalized spacial score (nSPS) is 38.1. The Balaban J connectivity index is 1.44. The molecular formula is C27H38N2O3. The molecule has 1 aromatic rings. The number of hydrogen-bond donors (Lipinski definition) is 1. The molecule has 4 atom stereocenters. The molecule has 3 heterocycles. The molecule has 6 aliphatic rings. The van der Waals surface area contributed by atoms with Crippen molar-refractivity contribution in [3.05, 3.63) is 29.3 Å². The third-order valence-corrected chi connectivity index (χ3v) is 9.33. The Morgan fingerprint density at radius 3 is 2.72 bits per heavy atom. The third-order valence-electron chi connectivity index (χ3n) is 9.33. The number of nitrogens with zero attached hydrogens (tertiary/aromatic N) is 1. The van der Waals surface area contributed by atoms with E-state index in [1.807, 2.05) is 20.8 Å². The number of nitrogens with one attached hydrogen (secondary N) is 1. The van der Waals surface area contributed by atoms with Gasteiger partial charge in [0.25, 0.3) is 0 Å². The summed E-state index contributed by atoms with van der Waals surface area (Å²) in [7, 11) is 1.76. The lowest BCUT2D eigenvalue weighted by atomic mass is 9.45. The zero-order chi connectivity index (χ0) is 22.4. The summed E-state index contributed by atoms with van der Waals surface area (Å²) in [4.78, 5) is 15.8. The second-order valence-electron chi connectivity index (χ2n) is 12.4. The third kappa shape index (κ3) is 2.86. The smallest absolute Gasteiger partial charge is 0.225 e. The highest BCUT2D eigenvalue weighted by Gasteiger charge is 2.71. The van der Waals surface area contributed by atoms with Crippen molar-refractivity contribution >= 4 is 5.91 Å². The van der Waals surface area contributed by atoms with Gasteiger partial charge in [-0.25, -0.2) is 0 Å². The average molecular weight is 439 g/mol. The van der Waals surface area contributed by atoms with Gasteiger partial charge in [0, 0.05) is 23.4 Å². The topological polar surface area (TPSA) is 50.8 Å². The first-order chi connectivity index (χ1) is 15.2. The van der Waals surface area contributed by atoms with Gasteiger partial charge in [-0.1, -0.05) is 26.8 Å². The fraction of sp³-hybridized carbons (Fsp3) is 0.741. The van der Waals surface area contributed by atoms with E-state index in [4.69, 9.17) is 9.47 Å². The molecule has 2 unspecified atom stereocenters. The molecule has 1 amide bonds. The molecule has 3 aliphatic heterocycles. The second kappa shape index (κ2) is 6.73. The van der Waals surface area contributed by atoms with Crippen LogP contribution in [0.15, 0.2) is 18.2 Å². The quantitative estimate of drug-likeness (QED) is 0.776. The Kier molecular flexibility index (Phi) is 4.41. The highest BCUT2D eigenvalue weighted by Crippen LogP contribution is 2.65. The molecule has 5 heteroatoms. The highest BCUT2D eigenvalue weighted by atomic mass is 16.5. The monoisotopic (exact) mass is 438 g/mol. The van der Waals surface area contributed by atoms with Gasteiger partial charge in [0.15, 0.2) is 0 Å². The first kappa shape index (κ1) is 21.0. The van der Waals surface area contributed by atoms with E-state index in [-0.39, 0.29) is 22.5 Å². The van der Waals surface area contributed by atoms with Crippen LogP contribution in [0.1, 0.15) is 70.4 Å². The molecule has 174 valence electrons. The number of carbonyl (C=O) groups is 1. The van der Waals surface area contributed by atoms with E-state index in [2.05, 4.69) is 28.4 Å². The van der Waals surface area contributed by atoms with Crippen LogP contribution in [0.25, 0.3) is 0 Å². The molecule has 2 saturated carbocycles. The predicted molar refractivity (Wildman–Crippen MR) is 124 cm³/mol. The van der Waals surface area contributed by atoms with E-state index in [0.29, 0.717) is 12.6 Å². The van der Waals surface area contributed by atoms with Gasteiger partial charge in [0.05, 0.1) is 24.9 Å². The summed E-state index contributed by atoms with van der Waals surface area (Å²) in [6.07, 6.45) is 7.97. The minimum absolute atomic E-state index is 0.0541. The van der Waals surface area contributed by atoms with Crippen LogP contribution in [0.5, 0.6) is 5.75 Å². The molecule has 3 aliphatic carbocycles. The van der Waals surface area contributed by atoms with Crippen molar-refractivity contribution in [2.24, 2.45) is 11.3 Å². The minimum atomic E-state index is -0.401. The van der Waals surface area contributed by atoms with Gasteiger partial charge in [-0.05, 0) is 80.7 Å². The lowest BCUT2D eigenvalue weighted by Gasteiger charge is -2.71. The summed E-state index contributed by atoms with van der Waals surface area (Å²) in [5.41, 5.74) is 2.01. The number of rotatable bonds is 4. The van der Waals surface area contributed by atoms with Gasteiger partial charge in [-0.3, -0.25) is 9.69 Å². The van der Waals surface area contributed by atoms with Gasteiger partial charge in [-0.2, -0.15) is 0 Å². The van der Waals surface area contributed by atoms with Crippen molar-refractivity contribution in [2.75, 3.05) is 26.8 Å². The van der Waals surface area contributed by atoms with Crippen LogP contribution in [0.4, 0.5) is 0 Å². The van der Waals surface area contributed by atoms with Crippen LogP contribution >= 0.6 is 0 Å². The molecule has 7 rings (SSSR count). The Morgan fingerprint density at radius 1 is 1.25 bits per heavy atom. The molecule has 0 aromatic heterocycles. The van der Waals surface area contributed by atoms with E-state index >= 15 is 0 Å². The molecule has 0 radical (unpaired) electrons. The summed E-state index contributed by atoms with van der Waals surface area (Å²) in [6, 6.07) is 7.13. The molecular weight excluding hydrogens is 400 g/mol. The van der Waals surface area contributed by atoms with E-state index in [1.54, 1.807) is 7.11 Å². The number of likely N-dealkylation sites (tertiary alicyclic amines) is 1. The Hall–Kier alpha value is -1.59. The maximum absolute atomic E-state index is 13.1. The summed E-state index contributed by atoms with van der Waals surface area (Å²) < 4.78 is 12.7. The zero-order valence-corrected chi connectivity index (χ0v) is 20.1. The maximum atomic E-state index is 13.1. The van der Waals surface area contributed by atoms with Gasteiger partial charge in [-0.15, -0.1) is 0 Å². The molecule has 1 N–H and O–H groups in total. The lowest BCUT2D eigenvalue weighted by Crippen LogP contribution is -2.81. The molecule has 3 saturated heterocycles. The molecule has 32 heavy (non-hydrogen) atoms. The van der Waals surface area contributed by atoms with E-state index in [0.717, 1.165) is 50.3 Å². The van der Waals surface area contributed by atoms with Gasteiger partial charge in [0.2, 0.25) is 5.91 Å². The van der Waals surface area contributed by atoms with Gasteiger partial charge >= 0.3 is 0 Å². The van der Waals surface area contributed by atoms with Crippen LogP contribution in [0.3, 0.4) is 0 Å². The average Bonchev–Trinajstić information content (AvgIpc) is 3.58. The molecule has 5 nitrogen and oxygen atoms in total. The summed E-state index contributed by atoms with van der Waals surface area (Å²) >= 11 is 0. The number of fused-ring (bicyclic) bond motifs is 3. The minimum Gasteiger partial charge on any atom is -0.497 e. The number of ether oxygens (including phenoxy) is 2. The van der Waals surface area contributed by atoms with Crippen LogP contribution in [0, 0.1) is 11.3 Å². The summed E-state index contributed by atoms with van der Waals surface area (Å²) in [6.45, 7) is 9.00. The number of amides is 1. The Labute approximate surface area is 192 Å². The van der Waals surface area contributed by atoms with Crippen molar-refractivity contribution in [3.63, 3.8) is 0 Å². The Bertz CT molecular complexity index is 939. The molecule has 1 aromatic carbocycles. The highest BCUT2D eigenvalue weighted by molar-refractivity contribution is 5.82. The van der Waals surface area contributed by atoms with Crippen molar-refractivity contribution in [1.29, 1.82) is 0 Å². The molecule has 4 bridgehead atoms. The van der Waals surface area contributed by atoms with Crippen LogP contribution in [0.2, 0.25) is 0 Å². The Morgan fingerprint density at radius 2 is 2.06 bits per heavy atom. The van der Waals surface area contributed by atoms with E-state index < -0.39 is 5.41 Å². The zero-order valence-electron chi connectivity index (χ0n) is 20.1. The number of methoxy groups -OCH3 is 1. The number of carbonyl (C=O) groups excluding carboxylic acids is 1. The predicted octanol–water partition coefficient (Wildman–Crippen LogP) is 3.83. The molecule has 5 fully saturated rings. The standard InChI is InChI=1S/C27H38N2O3/c1-24(2,3)23(30)28-25-9-10-27(32-17-25)22-13-19-7-8-20(31-4)14-21(19)26(27,16-25)11-12-29(22)15-18-5-6-18/h7-8,14,18,22H,5-6,9-13,15-17H2,1-4H3,(H,28,30)/t22-,25?,26?,27-/m1/s1. The van der Waals surface area contributed by atoms with Crippen LogP contribution < -0.4 is 10.1 Å². The number of benzene rings is 1. The number of hydrogen-bond acceptors (Lipinski definition) is 4. The van der Waals surface area contributed by atoms with Gasteiger partial charge < -0.3 is 14.8 Å².